The van der Waals surface area contributed by atoms with E-state index in [1.54, 1.807) is 7.11 Å². The van der Waals surface area contributed by atoms with Crippen LogP contribution in [0.4, 0.5) is 5.69 Å². The van der Waals surface area contributed by atoms with Gasteiger partial charge >= 0.3 is 0 Å². The first-order valence-corrected chi connectivity index (χ1v) is 12.1. The summed E-state index contributed by atoms with van der Waals surface area (Å²) in [5.41, 5.74) is 3.89. The number of anilines is 1. The lowest BCUT2D eigenvalue weighted by atomic mass is 10.1. The smallest absolute Gasteiger partial charge is 0.237 e. The number of aromatic nitrogens is 3. The maximum absolute atomic E-state index is 13.3. The quantitative estimate of drug-likeness (QED) is 0.304. The SMILES string of the molecule is COc1ccc(-c2nnc(SCC(=O)N(c3ccccc3)C(C)C)n2-c2ccccc2C)cc1. The third kappa shape index (κ3) is 4.99. The van der Waals surface area contributed by atoms with Gasteiger partial charge in [-0.2, -0.15) is 0 Å². The van der Waals surface area contributed by atoms with Crippen molar-refractivity contribution < 1.29 is 9.53 Å². The lowest BCUT2D eigenvalue weighted by Gasteiger charge is -2.26. The number of para-hydroxylation sites is 2. The molecule has 0 aliphatic heterocycles. The number of thioether (sulfide) groups is 1. The fourth-order valence-corrected chi connectivity index (χ4v) is 4.64. The number of benzene rings is 3. The van der Waals surface area contributed by atoms with Crippen LogP contribution in [-0.4, -0.2) is 39.6 Å². The van der Waals surface area contributed by atoms with Gasteiger partial charge in [0, 0.05) is 17.3 Å². The summed E-state index contributed by atoms with van der Waals surface area (Å²) in [5.74, 6) is 1.77. The highest BCUT2D eigenvalue weighted by atomic mass is 32.2. The van der Waals surface area contributed by atoms with Crippen LogP contribution in [0, 0.1) is 6.92 Å². The molecule has 1 aromatic heterocycles. The summed E-state index contributed by atoms with van der Waals surface area (Å²) >= 11 is 1.40. The minimum Gasteiger partial charge on any atom is -0.497 e. The van der Waals surface area contributed by atoms with E-state index in [9.17, 15) is 4.79 Å². The zero-order valence-electron chi connectivity index (χ0n) is 19.8. The zero-order valence-corrected chi connectivity index (χ0v) is 20.6. The number of methoxy groups -OCH3 is 1. The second-order valence-electron chi connectivity index (χ2n) is 8.14. The van der Waals surface area contributed by atoms with Crippen LogP contribution in [0.25, 0.3) is 17.1 Å². The number of amides is 1. The average Bonchev–Trinajstić information content (AvgIpc) is 3.27. The second kappa shape index (κ2) is 10.6. The number of aryl methyl sites for hydroxylation is 1. The Kier molecular flexibility index (Phi) is 7.33. The first-order valence-electron chi connectivity index (χ1n) is 11.2. The fourth-order valence-electron chi connectivity index (χ4n) is 3.84. The Bertz CT molecular complexity index is 1250. The Balaban J connectivity index is 1.67. The van der Waals surface area contributed by atoms with Gasteiger partial charge in [0.15, 0.2) is 11.0 Å². The van der Waals surface area contributed by atoms with E-state index < -0.39 is 0 Å². The summed E-state index contributed by atoms with van der Waals surface area (Å²) in [7, 11) is 1.65. The van der Waals surface area contributed by atoms with E-state index in [2.05, 4.69) is 23.2 Å². The van der Waals surface area contributed by atoms with E-state index in [0.717, 1.165) is 34.1 Å². The summed E-state index contributed by atoms with van der Waals surface area (Å²) in [4.78, 5) is 15.1. The summed E-state index contributed by atoms with van der Waals surface area (Å²) < 4.78 is 7.32. The van der Waals surface area contributed by atoms with E-state index in [-0.39, 0.29) is 17.7 Å². The van der Waals surface area contributed by atoms with Gasteiger partial charge in [0.2, 0.25) is 5.91 Å². The van der Waals surface area contributed by atoms with Crippen molar-refractivity contribution in [2.24, 2.45) is 0 Å². The van der Waals surface area contributed by atoms with Crippen LogP contribution in [0.1, 0.15) is 19.4 Å². The van der Waals surface area contributed by atoms with Crippen LogP contribution in [0.15, 0.2) is 84.0 Å². The molecule has 0 saturated carbocycles. The predicted molar refractivity (Wildman–Crippen MR) is 138 cm³/mol. The van der Waals surface area contributed by atoms with Gasteiger partial charge in [-0.1, -0.05) is 48.2 Å². The van der Waals surface area contributed by atoms with Crippen molar-refractivity contribution in [2.75, 3.05) is 17.8 Å². The molecule has 0 bridgehead atoms. The Morgan fingerprint density at radius 2 is 1.65 bits per heavy atom. The number of rotatable bonds is 8. The average molecular weight is 473 g/mol. The summed E-state index contributed by atoms with van der Waals surface area (Å²) in [5, 5.41) is 9.65. The van der Waals surface area contributed by atoms with E-state index in [0.29, 0.717) is 5.16 Å². The summed E-state index contributed by atoms with van der Waals surface area (Å²) in [6.07, 6.45) is 0. The number of ether oxygens (including phenoxy) is 1. The van der Waals surface area contributed by atoms with Gasteiger partial charge < -0.3 is 9.64 Å². The van der Waals surface area contributed by atoms with Gasteiger partial charge in [-0.05, 0) is 68.8 Å². The number of carbonyl (C=O) groups is 1. The molecular weight excluding hydrogens is 444 g/mol. The number of nitrogens with zero attached hydrogens (tertiary/aromatic N) is 4. The van der Waals surface area contributed by atoms with E-state index in [1.165, 1.54) is 11.8 Å². The Morgan fingerprint density at radius 3 is 2.29 bits per heavy atom. The van der Waals surface area contributed by atoms with Crippen molar-refractivity contribution in [3.05, 3.63) is 84.4 Å². The highest BCUT2D eigenvalue weighted by Crippen LogP contribution is 2.31. The molecule has 0 aliphatic rings. The van der Waals surface area contributed by atoms with Crippen molar-refractivity contribution in [1.82, 2.24) is 14.8 Å². The van der Waals surface area contributed by atoms with Crippen molar-refractivity contribution in [2.45, 2.75) is 32.0 Å². The van der Waals surface area contributed by atoms with E-state index >= 15 is 0 Å². The molecule has 34 heavy (non-hydrogen) atoms. The van der Waals surface area contributed by atoms with Gasteiger partial charge in [-0.15, -0.1) is 10.2 Å². The largest absolute Gasteiger partial charge is 0.497 e. The lowest BCUT2D eigenvalue weighted by Crippen LogP contribution is -2.38. The van der Waals surface area contributed by atoms with E-state index in [4.69, 9.17) is 4.74 Å². The molecule has 174 valence electrons. The van der Waals surface area contributed by atoms with Crippen LogP contribution in [-0.2, 0) is 4.79 Å². The maximum atomic E-state index is 13.3. The lowest BCUT2D eigenvalue weighted by molar-refractivity contribution is -0.116. The first-order chi connectivity index (χ1) is 16.5. The molecule has 0 fully saturated rings. The number of carbonyl (C=O) groups excluding carboxylic acids is 1. The molecule has 0 N–H and O–H groups in total. The third-order valence-corrected chi connectivity index (χ3v) is 6.40. The van der Waals surface area contributed by atoms with Crippen LogP contribution >= 0.6 is 11.8 Å². The van der Waals surface area contributed by atoms with Gasteiger partial charge in [-0.3, -0.25) is 9.36 Å². The molecule has 0 unspecified atom stereocenters. The van der Waals surface area contributed by atoms with Crippen molar-refractivity contribution in [3.8, 4) is 22.8 Å². The van der Waals surface area contributed by atoms with Crippen molar-refractivity contribution in [1.29, 1.82) is 0 Å². The van der Waals surface area contributed by atoms with Gasteiger partial charge in [0.25, 0.3) is 0 Å². The molecule has 0 spiro atoms. The van der Waals surface area contributed by atoms with Crippen LogP contribution in [0.2, 0.25) is 0 Å². The standard InChI is InChI=1S/C27H28N4O2S/c1-19(2)30(22-11-6-5-7-12-22)25(32)18-34-27-29-28-26(21-14-16-23(33-4)17-15-21)31(27)24-13-9-8-10-20(24)3/h5-17,19H,18H2,1-4H3. The van der Waals surface area contributed by atoms with Crippen molar-refractivity contribution in [3.63, 3.8) is 0 Å². The van der Waals surface area contributed by atoms with Gasteiger partial charge in [0.05, 0.1) is 18.6 Å². The highest BCUT2D eigenvalue weighted by Gasteiger charge is 2.22. The third-order valence-electron chi connectivity index (χ3n) is 5.48. The fraction of sp³-hybridized carbons (Fsp3) is 0.222. The Hall–Kier alpha value is -3.58. The summed E-state index contributed by atoms with van der Waals surface area (Å²) in [6, 6.07) is 25.6. The molecule has 0 saturated heterocycles. The van der Waals surface area contributed by atoms with Gasteiger partial charge in [-0.25, -0.2) is 0 Å². The van der Waals surface area contributed by atoms with Crippen LogP contribution in [0.3, 0.4) is 0 Å². The topological polar surface area (TPSA) is 60.3 Å². The molecule has 0 atom stereocenters. The normalized spacial score (nSPS) is 11.0. The second-order valence-corrected chi connectivity index (χ2v) is 9.08. The van der Waals surface area contributed by atoms with Crippen LogP contribution < -0.4 is 9.64 Å². The highest BCUT2D eigenvalue weighted by molar-refractivity contribution is 7.99. The Morgan fingerprint density at radius 1 is 0.971 bits per heavy atom. The Labute approximate surface area is 204 Å². The summed E-state index contributed by atoms with van der Waals surface area (Å²) in [6.45, 7) is 6.10. The van der Waals surface area contributed by atoms with Crippen LogP contribution in [0.5, 0.6) is 5.75 Å². The molecule has 4 aromatic rings. The minimum atomic E-state index is 0.0246. The monoisotopic (exact) mass is 472 g/mol. The zero-order chi connectivity index (χ0) is 24.1. The predicted octanol–water partition coefficient (Wildman–Crippen LogP) is 5.79. The maximum Gasteiger partial charge on any atom is 0.237 e. The van der Waals surface area contributed by atoms with E-state index in [1.807, 2.05) is 96.1 Å². The first kappa shape index (κ1) is 23.6. The number of hydrogen-bond acceptors (Lipinski definition) is 5. The molecule has 1 heterocycles. The van der Waals surface area contributed by atoms with Crippen molar-refractivity contribution >= 4 is 23.4 Å². The van der Waals surface area contributed by atoms with Gasteiger partial charge in [0.1, 0.15) is 5.75 Å². The molecule has 7 heteroatoms. The molecule has 3 aromatic carbocycles. The molecule has 0 aliphatic carbocycles. The molecular formula is C27H28N4O2S. The molecule has 4 rings (SSSR count). The molecule has 1 amide bonds. The number of hydrogen-bond donors (Lipinski definition) is 0. The molecule has 6 nitrogen and oxygen atoms in total. The molecule has 0 radical (unpaired) electrons. The minimum absolute atomic E-state index is 0.0246.